The highest BCUT2D eigenvalue weighted by atomic mass is 19.4. The topological polar surface area (TPSA) is 69.1 Å². The Balaban J connectivity index is 1.92. The van der Waals surface area contributed by atoms with Gasteiger partial charge in [0.25, 0.3) is 0 Å². The molecule has 0 aliphatic carbocycles. The maximum atomic E-state index is 13.6. The molecule has 146 valence electrons. The highest BCUT2D eigenvalue weighted by molar-refractivity contribution is 5.94. The van der Waals surface area contributed by atoms with E-state index in [9.17, 15) is 22.4 Å². The number of primary amides is 1. The molecule has 3 rings (SSSR count). The summed E-state index contributed by atoms with van der Waals surface area (Å²) in [7, 11) is 0. The maximum Gasteiger partial charge on any atom is 0.416 e. The molecule has 0 aliphatic heterocycles. The minimum absolute atomic E-state index is 0.0972. The molecule has 0 radical (unpaired) electrons. The molecule has 28 heavy (non-hydrogen) atoms. The van der Waals surface area contributed by atoms with Gasteiger partial charge >= 0.3 is 6.18 Å². The zero-order valence-corrected chi connectivity index (χ0v) is 15.0. The smallest absolute Gasteiger partial charge is 0.416 e. The number of alkyl halides is 3. The molecule has 0 saturated carbocycles. The minimum atomic E-state index is -4.64. The van der Waals surface area contributed by atoms with Gasteiger partial charge in [-0.05, 0) is 55.3 Å². The first-order chi connectivity index (χ1) is 13.0. The van der Waals surface area contributed by atoms with Crippen molar-refractivity contribution in [1.82, 2.24) is 4.98 Å². The normalized spacial score (nSPS) is 11.6. The summed E-state index contributed by atoms with van der Waals surface area (Å²) in [5, 5.41) is 0. The van der Waals surface area contributed by atoms with Gasteiger partial charge in [-0.15, -0.1) is 0 Å². The summed E-state index contributed by atoms with van der Waals surface area (Å²) < 4.78 is 57.9. The van der Waals surface area contributed by atoms with Crippen molar-refractivity contribution in [2.24, 2.45) is 5.73 Å². The van der Waals surface area contributed by atoms with Gasteiger partial charge in [-0.3, -0.25) is 4.79 Å². The molecule has 2 aromatic carbocycles. The number of nitrogens with zero attached hydrogens (tertiary/aromatic N) is 1. The van der Waals surface area contributed by atoms with E-state index < -0.39 is 23.5 Å². The Morgan fingerprint density at radius 3 is 2.46 bits per heavy atom. The zero-order chi connectivity index (χ0) is 20.6. The fraction of sp³-hybridized carbons (Fsp3) is 0.200. The van der Waals surface area contributed by atoms with Crippen LogP contribution in [0.5, 0.6) is 0 Å². The number of carbonyl (C=O) groups is 1. The number of oxazole rings is 1. The number of nitrogens with two attached hydrogens (primary N) is 1. The van der Waals surface area contributed by atoms with Crippen LogP contribution in [-0.2, 0) is 12.6 Å². The summed E-state index contributed by atoms with van der Waals surface area (Å²) in [5.74, 6) is -0.957. The van der Waals surface area contributed by atoms with Crippen molar-refractivity contribution in [3.63, 3.8) is 0 Å². The minimum Gasteiger partial charge on any atom is -0.440 e. The molecule has 0 spiro atoms. The average molecular weight is 392 g/mol. The third-order valence-corrected chi connectivity index (χ3v) is 4.24. The molecule has 1 aromatic heterocycles. The molecule has 0 unspecified atom stereocenters. The third kappa shape index (κ3) is 4.05. The summed E-state index contributed by atoms with van der Waals surface area (Å²) in [6.45, 7) is 3.41. The first-order valence-electron chi connectivity index (χ1n) is 8.28. The molecule has 0 fully saturated rings. The fourth-order valence-corrected chi connectivity index (χ4v) is 2.97. The number of hydrogen-bond acceptors (Lipinski definition) is 3. The Kier molecular flexibility index (Phi) is 4.97. The summed E-state index contributed by atoms with van der Waals surface area (Å²) >= 11 is 0. The lowest BCUT2D eigenvalue weighted by molar-refractivity contribution is -0.137. The quantitative estimate of drug-likeness (QED) is 0.648. The van der Waals surface area contributed by atoms with Crippen molar-refractivity contribution in [2.45, 2.75) is 26.4 Å². The van der Waals surface area contributed by atoms with E-state index >= 15 is 0 Å². The van der Waals surface area contributed by atoms with Gasteiger partial charge in [0, 0.05) is 17.5 Å². The molecule has 0 saturated heterocycles. The molecule has 1 heterocycles. The van der Waals surface area contributed by atoms with E-state index in [0.717, 1.165) is 12.1 Å². The van der Waals surface area contributed by atoms with Crippen LogP contribution in [0.1, 0.15) is 38.6 Å². The van der Waals surface area contributed by atoms with Crippen molar-refractivity contribution in [3.8, 4) is 11.3 Å². The van der Waals surface area contributed by atoms with E-state index in [1.807, 2.05) is 0 Å². The van der Waals surface area contributed by atoms with Crippen molar-refractivity contribution < 1.29 is 26.8 Å². The summed E-state index contributed by atoms with van der Waals surface area (Å²) in [5.41, 5.74) is 6.52. The van der Waals surface area contributed by atoms with Gasteiger partial charge < -0.3 is 10.2 Å². The number of carbonyl (C=O) groups excluding carboxylic acids is 1. The summed E-state index contributed by atoms with van der Waals surface area (Å²) in [6, 6.07) is 7.25. The second-order valence-corrected chi connectivity index (χ2v) is 6.44. The number of aromatic nitrogens is 1. The van der Waals surface area contributed by atoms with E-state index in [4.69, 9.17) is 10.2 Å². The monoisotopic (exact) mass is 392 g/mol. The number of halogens is 4. The predicted molar refractivity (Wildman–Crippen MR) is 94.1 cm³/mol. The molecule has 0 bridgehead atoms. The summed E-state index contributed by atoms with van der Waals surface area (Å²) in [6.07, 6.45) is -4.74. The molecule has 2 N–H and O–H groups in total. The molecule has 4 nitrogen and oxygen atoms in total. The van der Waals surface area contributed by atoms with E-state index in [2.05, 4.69) is 4.98 Å². The second kappa shape index (κ2) is 7.10. The Morgan fingerprint density at radius 1 is 1.14 bits per heavy atom. The first kappa shape index (κ1) is 19.6. The van der Waals surface area contributed by atoms with Crippen molar-refractivity contribution in [3.05, 3.63) is 76.1 Å². The van der Waals surface area contributed by atoms with E-state index in [0.29, 0.717) is 34.2 Å². The zero-order valence-electron chi connectivity index (χ0n) is 15.0. The number of amides is 1. The van der Waals surface area contributed by atoms with Crippen LogP contribution in [0, 0.1) is 19.7 Å². The maximum absolute atomic E-state index is 13.6. The van der Waals surface area contributed by atoms with Gasteiger partial charge in [0.05, 0.1) is 11.3 Å². The van der Waals surface area contributed by atoms with Gasteiger partial charge in [-0.25, -0.2) is 9.37 Å². The van der Waals surface area contributed by atoms with Crippen LogP contribution in [0.4, 0.5) is 17.6 Å². The Morgan fingerprint density at radius 2 is 1.86 bits per heavy atom. The van der Waals surface area contributed by atoms with Crippen LogP contribution in [0.3, 0.4) is 0 Å². The Hall–Kier alpha value is -3.16. The van der Waals surface area contributed by atoms with Crippen LogP contribution >= 0.6 is 0 Å². The second-order valence-electron chi connectivity index (χ2n) is 6.44. The molecular weight excluding hydrogens is 376 g/mol. The SMILES string of the molecule is Cc1cc(-c2oc(Cc3cc(F)cc(C(F)(F)F)c3)nc2C)ccc1C(N)=O. The van der Waals surface area contributed by atoms with Crippen molar-refractivity contribution in [1.29, 1.82) is 0 Å². The molecule has 0 aliphatic rings. The average Bonchev–Trinajstić information content (AvgIpc) is 2.93. The van der Waals surface area contributed by atoms with E-state index in [1.165, 1.54) is 0 Å². The van der Waals surface area contributed by atoms with Crippen molar-refractivity contribution >= 4 is 5.91 Å². The molecule has 8 heteroatoms. The van der Waals surface area contributed by atoms with Gasteiger partial charge in [0.1, 0.15) is 5.82 Å². The van der Waals surface area contributed by atoms with Gasteiger partial charge in [0.2, 0.25) is 5.91 Å². The van der Waals surface area contributed by atoms with E-state index in [1.54, 1.807) is 32.0 Å². The van der Waals surface area contributed by atoms with Gasteiger partial charge in [0.15, 0.2) is 11.7 Å². The number of aryl methyl sites for hydroxylation is 2. The van der Waals surface area contributed by atoms with E-state index in [-0.39, 0.29) is 17.9 Å². The largest absolute Gasteiger partial charge is 0.440 e. The van der Waals surface area contributed by atoms with Crippen LogP contribution in [0.25, 0.3) is 11.3 Å². The first-order valence-corrected chi connectivity index (χ1v) is 8.28. The fourth-order valence-electron chi connectivity index (χ4n) is 2.97. The lowest BCUT2D eigenvalue weighted by Gasteiger charge is -2.08. The van der Waals surface area contributed by atoms with Crippen LogP contribution in [0.15, 0.2) is 40.8 Å². The standard InChI is InChI=1S/C20H16F4N2O2/c1-10-5-13(3-4-16(10)19(25)27)18-11(2)26-17(28-18)8-12-6-14(20(22,23)24)9-15(21)7-12/h3-7,9H,8H2,1-2H3,(H2,25,27). The van der Waals surface area contributed by atoms with Gasteiger partial charge in [-0.2, -0.15) is 13.2 Å². The lowest BCUT2D eigenvalue weighted by Crippen LogP contribution is -2.12. The molecule has 1 amide bonds. The number of hydrogen-bond donors (Lipinski definition) is 1. The molecule has 0 atom stereocenters. The third-order valence-electron chi connectivity index (χ3n) is 4.24. The van der Waals surface area contributed by atoms with Crippen LogP contribution in [-0.4, -0.2) is 10.9 Å². The number of benzene rings is 2. The summed E-state index contributed by atoms with van der Waals surface area (Å²) in [4.78, 5) is 15.6. The number of rotatable bonds is 4. The van der Waals surface area contributed by atoms with Crippen molar-refractivity contribution in [2.75, 3.05) is 0 Å². The van der Waals surface area contributed by atoms with Crippen LogP contribution in [0.2, 0.25) is 0 Å². The Bertz CT molecular complexity index is 1050. The molecule has 3 aromatic rings. The van der Waals surface area contributed by atoms with Gasteiger partial charge in [-0.1, -0.05) is 6.07 Å². The highest BCUT2D eigenvalue weighted by Crippen LogP contribution is 2.32. The van der Waals surface area contributed by atoms with Crippen LogP contribution < -0.4 is 5.73 Å². The highest BCUT2D eigenvalue weighted by Gasteiger charge is 2.31. The lowest BCUT2D eigenvalue weighted by atomic mass is 10.0. The predicted octanol–water partition coefficient (Wildman–Crippen LogP) is 4.81. The Labute approximate surface area is 158 Å². The molecular formula is C20H16F4N2O2.